The van der Waals surface area contributed by atoms with E-state index in [9.17, 15) is 9.90 Å². The summed E-state index contributed by atoms with van der Waals surface area (Å²) in [7, 11) is 0. The van der Waals surface area contributed by atoms with E-state index < -0.39 is 5.97 Å². The second kappa shape index (κ2) is 4.97. The van der Waals surface area contributed by atoms with Gasteiger partial charge in [-0.1, -0.05) is 0 Å². The van der Waals surface area contributed by atoms with Gasteiger partial charge in [-0.3, -0.25) is 0 Å². The molecule has 0 saturated carbocycles. The lowest BCUT2D eigenvalue weighted by Crippen LogP contribution is -2.36. The highest BCUT2D eigenvalue weighted by atomic mass is 16.5. The van der Waals surface area contributed by atoms with Gasteiger partial charge in [0, 0.05) is 24.2 Å². The maximum absolute atomic E-state index is 11.4. The van der Waals surface area contributed by atoms with Crippen molar-refractivity contribution in [2.45, 2.75) is 0 Å². The molecule has 1 aromatic carbocycles. The Morgan fingerprint density at radius 3 is 2.75 bits per heavy atom. The van der Waals surface area contributed by atoms with E-state index in [1.54, 1.807) is 24.3 Å². The molecule has 2 heterocycles. The number of morpholine rings is 1. The Morgan fingerprint density at radius 2 is 2.05 bits per heavy atom. The van der Waals surface area contributed by atoms with Crippen LogP contribution in [0.4, 0.5) is 11.5 Å². The van der Waals surface area contributed by atoms with Crippen LogP contribution in [0.15, 0.2) is 24.3 Å². The van der Waals surface area contributed by atoms with E-state index in [1.807, 2.05) is 4.90 Å². The van der Waals surface area contributed by atoms with Gasteiger partial charge in [-0.2, -0.15) is 0 Å². The first-order valence-corrected chi connectivity index (χ1v) is 6.41. The van der Waals surface area contributed by atoms with Crippen LogP contribution in [0.3, 0.4) is 0 Å². The third-order valence-corrected chi connectivity index (χ3v) is 3.38. The van der Waals surface area contributed by atoms with Crippen molar-refractivity contribution in [3.05, 3.63) is 29.8 Å². The number of rotatable bonds is 2. The number of carbonyl (C=O) groups is 1. The number of aromatic nitrogens is 1. The molecular weight excluding hydrogens is 258 g/mol. The molecule has 6 nitrogen and oxygen atoms in total. The Kier molecular flexibility index (Phi) is 3.15. The SMILES string of the molecule is Nc1ccc2nc(N3CCOCC3)cc(C(=O)O)c2c1. The third kappa shape index (κ3) is 2.25. The number of hydrogen-bond acceptors (Lipinski definition) is 5. The van der Waals surface area contributed by atoms with Gasteiger partial charge in [0.15, 0.2) is 0 Å². The van der Waals surface area contributed by atoms with Crippen LogP contribution in [0.1, 0.15) is 10.4 Å². The number of carboxylic acids is 1. The summed E-state index contributed by atoms with van der Waals surface area (Å²) in [5.41, 5.74) is 7.12. The fourth-order valence-electron chi connectivity index (χ4n) is 2.36. The lowest BCUT2D eigenvalue weighted by Gasteiger charge is -2.28. The minimum atomic E-state index is -0.975. The number of ether oxygens (including phenoxy) is 1. The monoisotopic (exact) mass is 273 g/mol. The summed E-state index contributed by atoms with van der Waals surface area (Å²) in [6.07, 6.45) is 0. The Morgan fingerprint density at radius 1 is 1.30 bits per heavy atom. The number of hydrogen-bond donors (Lipinski definition) is 2. The first kappa shape index (κ1) is 12.7. The summed E-state index contributed by atoms with van der Waals surface area (Å²) in [4.78, 5) is 18.0. The molecule has 6 heteroatoms. The summed E-state index contributed by atoms with van der Waals surface area (Å²) < 4.78 is 5.30. The Hall–Kier alpha value is -2.34. The number of benzene rings is 1. The van der Waals surface area contributed by atoms with E-state index >= 15 is 0 Å². The Bertz CT molecular complexity index is 666. The number of aromatic carboxylic acids is 1. The van der Waals surface area contributed by atoms with Crippen molar-refractivity contribution in [2.24, 2.45) is 0 Å². The zero-order valence-corrected chi connectivity index (χ0v) is 10.9. The van der Waals surface area contributed by atoms with Crippen molar-refractivity contribution < 1.29 is 14.6 Å². The molecule has 0 amide bonds. The largest absolute Gasteiger partial charge is 0.478 e. The number of nitrogens with two attached hydrogens (primary N) is 1. The fraction of sp³-hybridized carbons (Fsp3) is 0.286. The van der Waals surface area contributed by atoms with Crippen molar-refractivity contribution in [3.63, 3.8) is 0 Å². The molecule has 1 aliphatic heterocycles. The van der Waals surface area contributed by atoms with Crippen molar-refractivity contribution in [1.82, 2.24) is 4.98 Å². The van der Waals surface area contributed by atoms with E-state index in [4.69, 9.17) is 10.5 Å². The molecule has 0 aliphatic carbocycles. The van der Waals surface area contributed by atoms with E-state index in [1.165, 1.54) is 0 Å². The molecule has 0 radical (unpaired) electrons. The summed E-state index contributed by atoms with van der Waals surface area (Å²) in [6.45, 7) is 2.69. The third-order valence-electron chi connectivity index (χ3n) is 3.38. The van der Waals surface area contributed by atoms with Gasteiger partial charge in [-0.25, -0.2) is 9.78 Å². The highest BCUT2D eigenvalue weighted by Gasteiger charge is 2.17. The standard InChI is InChI=1S/C14H15N3O3/c15-9-1-2-12-10(7-9)11(14(18)19)8-13(16-12)17-3-5-20-6-4-17/h1-2,7-8H,3-6,15H2,(H,18,19). The minimum Gasteiger partial charge on any atom is -0.478 e. The number of nitrogens with zero attached hydrogens (tertiary/aromatic N) is 2. The first-order chi connectivity index (χ1) is 9.65. The number of carboxylic acid groups (broad SMARTS) is 1. The molecule has 0 bridgehead atoms. The van der Waals surface area contributed by atoms with Crippen LogP contribution in [0.2, 0.25) is 0 Å². The van der Waals surface area contributed by atoms with Crippen molar-refractivity contribution in [3.8, 4) is 0 Å². The normalized spacial score (nSPS) is 15.5. The maximum atomic E-state index is 11.4. The predicted octanol–water partition coefficient (Wildman–Crippen LogP) is 1.35. The quantitative estimate of drug-likeness (QED) is 0.803. The molecule has 0 spiro atoms. The van der Waals surface area contributed by atoms with Crippen LogP contribution in [0.25, 0.3) is 10.9 Å². The second-order valence-corrected chi connectivity index (χ2v) is 4.71. The molecule has 1 saturated heterocycles. The molecule has 1 aliphatic rings. The molecule has 1 aromatic heterocycles. The van der Waals surface area contributed by atoms with E-state index in [0.29, 0.717) is 48.7 Å². The van der Waals surface area contributed by atoms with E-state index in [-0.39, 0.29) is 5.56 Å². The molecule has 0 unspecified atom stereocenters. The van der Waals surface area contributed by atoms with Crippen LogP contribution >= 0.6 is 0 Å². The average Bonchev–Trinajstić information content (AvgIpc) is 2.47. The van der Waals surface area contributed by atoms with Crippen LogP contribution in [-0.4, -0.2) is 42.4 Å². The van der Waals surface area contributed by atoms with Gasteiger partial charge in [0.05, 0.1) is 24.3 Å². The van der Waals surface area contributed by atoms with Crippen LogP contribution in [0, 0.1) is 0 Å². The Balaban J connectivity index is 2.15. The Labute approximate surface area is 115 Å². The van der Waals surface area contributed by atoms with Crippen LogP contribution in [0.5, 0.6) is 0 Å². The van der Waals surface area contributed by atoms with Crippen molar-refractivity contribution in [1.29, 1.82) is 0 Å². The van der Waals surface area contributed by atoms with E-state index in [0.717, 1.165) is 0 Å². The molecule has 1 fully saturated rings. The number of nitrogen functional groups attached to an aromatic ring is 1. The maximum Gasteiger partial charge on any atom is 0.336 e. The summed E-state index contributed by atoms with van der Waals surface area (Å²) in [5.74, 6) is -0.305. The minimum absolute atomic E-state index is 0.226. The van der Waals surface area contributed by atoms with Gasteiger partial charge in [0.2, 0.25) is 0 Å². The summed E-state index contributed by atoms with van der Waals surface area (Å²) >= 11 is 0. The van der Waals surface area contributed by atoms with Gasteiger partial charge < -0.3 is 20.5 Å². The van der Waals surface area contributed by atoms with Gasteiger partial charge in [0.1, 0.15) is 5.82 Å². The zero-order valence-electron chi connectivity index (χ0n) is 10.9. The highest BCUT2D eigenvalue weighted by molar-refractivity contribution is 6.04. The van der Waals surface area contributed by atoms with Crippen molar-refractivity contribution in [2.75, 3.05) is 36.9 Å². The molecule has 0 atom stereocenters. The predicted molar refractivity (Wildman–Crippen MR) is 76.1 cm³/mol. The van der Waals surface area contributed by atoms with E-state index in [2.05, 4.69) is 4.98 Å². The van der Waals surface area contributed by atoms with Gasteiger partial charge >= 0.3 is 5.97 Å². The topological polar surface area (TPSA) is 88.7 Å². The second-order valence-electron chi connectivity index (χ2n) is 4.71. The average molecular weight is 273 g/mol. The van der Waals surface area contributed by atoms with Gasteiger partial charge in [-0.05, 0) is 24.3 Å². The smallest absolute Gasteiger partial charge is 0.336 e. The van der Waals surface area contributed by atoms with Crippen LogP contribution in [-0.2, 0) is 4.74 Å². The summed E-state index contributed by atoms with van der Waals surface area (Å²) in [6, 6.07) is 6.73. The van der Waals surface area contributed by atoms with Crippen molar-refractivity contribution >= 4 is 28.4 Å². The molecule has 3 rings (SSSR count). The molecule has 3 N–H and O–H groups in total. The molecule has 2 aromatic rings. The zero-order chi connectivity index (χ0) is 14.1. The molecular formula is C14H15N3O3. The lowest BCUT2D eigenvalue weighted by molar-refractivity contribution is 0.0699. The van der Waals surface area contributed by atoms with Crippen LogP contribution < -0.4 is 10.6 Å². The van der Waals surface area contributed by atoms with Gasteiger partial charge in [0.25, 0.3) is 0 Å². The first-order valence-electron chi connectivity index (χ1n) is 6.41. The van der Waals surface area contributed by atoms with Gasteiger partial charge in [-0.15, -0.1) is 0 Å². The molecule has 20 heavy (non-hydrogen) atoms. The molecule has 104 valence electrons. The number of anilines is 2. The summed E-state index contributed by atoms with van der Waals surface area (Å²) in [5, 5.41) is 9.95. The fourth-order valence-corrected chi connectivity index (χ4v) is 2.36. The number of fused-ring (bicyclic) bond motifs is 1. The highest BCUT2D eigenvalue weighted by Crippen LogP contribution is 2.25. The lowest BCUT2D eigenvalue weighted by atomic mass is 10.1. The number of pyridine rings is 1.